The second-order valence-electron chi connectivity index (χ2n) is 2.88. The molecule has 2 heterocycles. The van der Waals surface area contributed by atoms with E-state index in [9.17, 15) is 4.79 Å². The number of nitrogens with zero attached hydrogens (tertiary/aromatic N) is 2. The topological polar surface area (TPSA) is 71.8 Å². The smallest absolute Gasteiger partial charge is 0.249 e. The number of alkyl halides is 1. The quantitative estimate of drug-likeness (QED) is 0.797. The number of halogens is 1. The average Bonchev–Trinajstić information content (AvgIpc) is 2.68. The van der Waals surface area contributed by atoms with Crippen LogP contribution in [-0.4, -0.2) is 21.1 Å². The molecule has 0 aliphatic rings. The molecule has 2 aromatic heterocycles. The standard InChI is InChI=1S/C9H8ClN3O2/c10-4-3-8-12-13-9(15-8)6-1-2-7(14)11-5-6/h1-2,5H,3-4H2,(H,11,14). The molecule has 78 valence electrons. The highest BCUT2D eigenvalue weighted by atomic mass is 35.5. The second kappa shape index (κ2) is 4.27. The summed E-state index contributed by atoms with van der Waals surface area (Å²) in [6.07, 6.45) is 2.07. The maximum absolute atomic E-state index is 10.8. The van der Waals surface area contributed by atoms with Crippen molar-refractivity contribution in [3.8, 4) is 11.5 Å². The van der Waals surface area contributed by atoms with Gasteiger partial charge in [-0.05, 0) is 6.07 Å². The summed E-state index contributed by atoms with van der Waals surface area (Å²) in [6.45, 7) is 0. The van der Waals surface area contributed by atoms with Gasteiger partial charge in [-0.1, -0.05) is 0 Å². The summed E-state index contributed by atoms with van der Waals surface area (Å²) in [7, 11) is 0. The third kappa shape index (κ3) is 2.24. The molecule has 2 aromatic rings. The molecule has 0 aliphatic carbocycles. The molecule has 2 rings (SSSR count). The van der Waals surface area contributed by atoms with Crippen molar-refractivity contribution in [2.45, 2.75) is 6.42 Å². The van der Waals surface area contributed by atoms with E-state index in [0.29, 0.717) is 29.6 Å². The second-order valence-corrected chi connectivity index (χ2v) is 3.26. The Balaban J connectivity index is 2.29. The highest BCUT2D eigenvalue weighted by Gasteiger charge is 2.07. The van der Waals surface area contributed by atoms with Crippen molar-refractivity contribution in [1.82, 2.24) is 15.2 Å². The molecule has 15 heavy (non-hydrogen) atoms. The highest BCUT2D eigenvalue weighted by molar-refractivity contribution is 6.17. The Labute approximate surface area is 90.1 Å². The number of aromatic amines is 1. The molecule has 6 heteroatoms. The zero-order valence-corrected chi connectivity index (χ0v) is 8.49. The van der Waals surface area contributed by atoms with Crippen molar-refractivity contribution in [3.63, 3.8) is 0 Å². The summed E-state index contributed by atoms with van der Waals surface area (Å²) in [4.78, 5) is 13.4. The fourth-order valence-corrected chi connectivity index (χ4v) is 1.26. The van der Waals surface area contributed by atoms with E-state index in [1.165, 1.54) is 12.3 Å². The fraction of sp³-hybridized carbons (Fsp3) is 0.222. The molecule has 1 N–H and O–H groups in total. The van der Waals surface area contributed by atoms with Gasteiger partial charge in [0, 0.05) is 24.6 Å². The van der Waals surface area contributed by atoms with Gasteiger partial charge in [0.25, 0.3) is 0 Å². The summed E-state index contributed by atoms with van der Waals surface area (Å²) in [5.74, 6) is 1.31. The van der Waals surface area contributed by atoms with Crippen LogP contribution in [0, 0.1) is 0 Å². The van der Waals surface area contributed by atoms with Crippen molar-refractivity contribution >= 4 is 11.6 Å². The maximum Gasteiger partial charge on any atom is 0.249 e. The van der Waals surface area contributed by atoms with Crippen LogP contribution < -0.4 is 5.56 Å². The van der Waals surface area contributed by atoms with Crippen LogP contribution in [-0.2, 0) is 6.42 Å². The van der Waals surface area contributed by atoms with Crippen LogP contribution in [0.3, 0.4) is 0 Å². The largest absolute Gasteiger partial charge is 0.421 e. The van der Waals surface area contributed by atoms with Crippen LogP contribution in [0.15, 0.2) is 27.5 Å². The Morgan fingerprint density at radius 2 is 2.27 bits per heavy atom. The number of hydrogen-bond acceptors (Lipinski definition) is 4. The molecule has 0 saturated heterocycles. The molecule has 0 spiro atoms. The minimum Gasteiger partial charge on any atom is -0.421 e. The molecule has 0 amide bonds. The minimum absolute atomic E-state index is 0.167. The first-order valence-electron chi connectivity index (χ1n) is 4.37. The summed E-state index contributed by atoms with van der Waals surface area (Å²) in [5, 5.41) is 7.65. The van der Waals surface area contributed by atoms with E-state index >= 15 is 0 Å². The van der Waals surface area contributed by atoms with Gasteiger partial charge in [-0.2, -0.15) is 0 Å². The van der Waals surface area contributed by atoms with Crippen LogP contribution in [0.5, 0.6) is 0 Å². The van der Waals surface area contributed by atoms with Gasteiger partial charge in [0.05, 0.1) is 5.56 Å². The van der Waals surface area contributed by atoms with Gasteiger partial charge >= 0.3 is 0 Å². The lowest BCUT2D eigenvalue weighted by Crippen LogP contribution is -2.01. The van der Waals surface area contributed by atoms with E-state index < -0.39 is 0 Å². The molecule has 0 atom stereocenters. The molecule has 0 unspecified atom stereocenters. The van der Waals surface area contributed by atoms with Gasteiger partial charge in [-0.15, -0.1) is 21.8 Å². The Kier molecular flexibility index (Phi) is 2.82. The lowest BCUT2D eigenvalue weighted by Gasteiger charge is -1.91. The van der Waals surface area contributed by atoms with Crippen LogP contribution in [0.4, 0.5) is 0 Å². The normalized spacial score (nSPS) is 10.5. The van der Waals surface area contributed by atoms with Crippen molar-refractivity contribution in [2.75, 3.05) is 5.88 Å². The van der Waals surface area contributed by atoms with Gasteiger partial charge in [0.15, 0.2) is 0 Å². The number of nitrogens with one attached hydrogen (secondary N) is 1. The first-order chi connectivity index (χ1) is 7.29. The van der Waals surface area contributed by atoms with Crippen LogP contribution in [0.2, 0.25) is 0 Å². The highest BCUT2D eigenvalue weighted by Crippen LogP contribution is 2.15. The Morgan fingerprint density at radius 3 is 2.93 bits per heavy atom. The van der Waals surface area contributed by atoms with Crippen LogP contribution in [0.25, 0.3) is 11.5 Å². The van der Waals surface area contributed by atoms with E-state index in [0.717, 1.165) is 0 Å². The molecule has 0 aromatic carbocycles. The van der Waals surface area contributed by atoms with Gasteiger partial charge in [0.2, 0.25) is 17.3 Å². The van der Waals surface area contributed by atoms with Gasteiger partial charge in [0.1, 0.15) is 0 Å². The Hall–Kier alpha value is -1.62. The minimum atomic E-state index is -0.167. The average molecular weight is 226 g/mol. The van der Waals surface area contributed by atoms with Gasteiger partial charge in [-0.3, -0.25) is 4.79 Å². The number of H-pyrrole nitrogens is 1. The first-order valence-corrected chi connectivity index (χ1v) is 4.90. The first kappa shape index (κ1) is 9.92. The number of hydrogen-bond donors (Lipinski definition) is 1. The summed E-state index contributed by atoms with van der Waals surface area (Å²) >= 11 is 5.54. The molecule has 0 radical (unpaired) electrons. The third-order valence-electron chi connectivity index (χ3n) is 1.81. The molecule has 5 nitrogen and oxygen atoms in total. The zero-order valence-electron chi connectivity index (χ0n) is 7.74. The third-order valence-corrected chi connectivity index (χ3v) is 2.00. The lowest BCUT2D eigenvalue weighted by molar-refractivity contribution is 0.513. The molecular weight excluding hydrogens is 218 g/mol. The van der Waals surface area contributed by atoms with E-state index in [4.69, 9.17) is 16.0 Å². The van der Waals surface area contributed by atoms with Crippen molar-refractivity contribution in [3.05, 3.63) is 34.6 Å². The zero-order chi connectivity index (χ0) is 10.7. The molecule has 0 fully saturated rings. The Bertz CT molecular complexity index is 486. The fourth-order valence-electron chi connectivity index (χ4n) is 1.10. The summed E-state index contributed by atoms with van der Waals surface area (Å²) in [5.41, 5.74) is 0.516. The number of aromatic nitrogens is 3. The summed E-state index contributed by atoms with van der Waals surface area (Å²) in [6, 6.07) is 3.03. The van der Waals surface area contributed by atoms with E-state index in [1.54, 1.807) is 6.07 Å². The van der Waals surface area contributed by atoms with E-state index in [-0.39, 0.29) is 5.56 Å². The predicted octanol–water partition coefficient (Wildman–Crippen LogP) is 1.21. The molecule has 0 aliphatic heterocycles. The monoisotopic (exact) mass is 225 g/mol. The predicted molar refractivity (Wildman–Crippen MR) is 54.8 cm³/mol. The molecule has 0 saturated carbocycles. The van der Waals surface area contributed by atoms with E-state index in [1.807, 2.05) is 0 Å². The van der Waals surface area contributed by atoms with Gasteiger partial charge < -0.3 is 9.40 Å². The van der Waals surface area contributed by atoms with Crippen LogP contribution in [0.1, 0.15) is 5.89 Å². The van der Waals surface area contributed by atoms with Gasteiger partial charge in [-0.25, -0.2) is 0 Å². The molecule has 0 bridgehead atoms. The van der Waals surface area contributed by atoms with E-state index in [2.05, 4.69) is 15.2 Å². The molecular formula is C9H8ClN3O2. The lowest BCUT2D eigenvalue weighted by atomic mass is 10.3. The van der Waals surface area contributed by atoms with Crippen molar-refractivity contribution < 1.29 is 4.42 Å². The number of aryl methyl sites for hydroxylation is 1. The van der Waals surface area contributed by atoms with Crippen molar-refractivity contribution in [2.24, 2.45) is 0 Å². The SMILES string of the molecule is O=c1ccc(-c2nnc(CCCl)o2)c[nH]1. The Morgan fingerprint density at radius 1 is 1.40 bits per heavy atom. The summed E-state index contributed by atoms with van der Waals surface area (Å²) < 4.78 is 5.32. The van der Waals surface area contributed by atoms with Crippen molar-refractivity contribution in [1.29, 1.82) is 0 Å². The van der Waals surface area contributed by atoms with Crippen LogP contribution >= 0.6 is 11.6 Å². The maximum atomic E-state index is 10.8. The number of rotatable bonds is 3. The number of pyridine rings is 1.